The molecule has 2 heterocycles. The van der Waals surface area contributed by atoms with Crippen LogP contribution in [-0.4, -0.2) is 9.97 Å². The summed E-state index contributed by atoms with van der Waals surface area (Å²) in [6.07, 6.45) is 8.91. The first-order valence-corrected chi connectivity index (χ1v) is 4.48. The number of aromatic nitrogens is 2. The molecule has 0 saturated carbocycles. The van der Waals surface area contributed by atoms with E-state index in [4.69, 9.17) is 6.42 Å². The van der Waals surface area contributed by atoms with Gasteiger partial charge in [0, 0.05) is 21.4 Å². The van der Waals surface area contributed by atoms with E-state index >= 15 is 0 Å². The molecule has 0 aliphatic carbocycles. The fourth-order valence-corrected chi connectivity index (χ4v) is 1.55. The van der Waals surface area contributed by atoms with Gasteiger partial charge in [-0.2, -0.15) is 0 Å². The van der Waals surface area contributed by atoms with Gasteiger partial charge in [0.15, 0.2) is 0 Å². The number of pyridine rings is 1. The Labute approximate surface area is 83.5 Å². The summed E-state index contributed by atoms with van der Waals surface area (Å²) in [7, 11) is 0. The number of nitrogens with zero attached hydrogens (tertiary/aromatic N) is 1. The maximum absolute atomic E-state index is 5.31. The molecule has 58 valence electrons. The van der Waals surface area contributed by atoms with Gasteiger partial charge in [0.1, 0.15) is 5.65 Å². The van der Waals surface area contributed by atoms with Crippen molar-refractivity contribution in [3.05, 3.63) is 27.6 Å². The van der Waals surface area contributed by atoms with Crippen LogP contribution >= 0.6 is 22.6 Å². The minimum absolute atomic E-state index is 0.850. The zero-order valence-electron chi connectivity index (χ0n) is 6.13. The van der Waals surface area contributed by atoms with Crippen molar-refractivity contribution in [3.8, 4) is 12.3 Å². The second kappa shape index (κ2) is 2.79. The smallest absolute Gasteiger partial charge is 0.138 e. The van der Waals surface area contributed by atoms with E-state index in [1.54, 1.807) is 12.4 Å². The normalized spacial score (nSPS) is 10.0. The van der Waals surface area contributed by atoms with Crippen molar-refractivity contribution in [2.75, 3.05) is 0 Å². The van der Waals surface area contributed by atoms with Gasteiger partial charge in [-0.15, -0.1) is 6.42 Å². The summed E-state index contributed by atoms with van der Waals surface area (Å²) in [5.41, 5.74) is 1.72. The molecule has 3 heteroatoms. The molecule has 0 amide bonds. The summed E-state index contributed by atoms with van der Waals surface area (Å²) < 4.78 is 1.09. The van der Waals surface area contributed by atoms with Gasteiger partial charge < -0.3 is 4.98 Å². The minimum atomic E-state index is 0.850. The molecule has 0 unspecified atom stereocenters. The third kappa shape index (κ3) is 1.08. The summed E-state index contributed by atoms with van der Waals surface area (Å²) in [4.78, 5) is 7.20. The SMILES string of the molecule is C#Cc1c[nH]c2ncc(I)cc12. The maximum atomic E-state index is 5.31. The lowest BCUT2D eigenvalue weighted by Crippen LogP contribution is -1.78. The number of H-pyrrole nitrogens is 1. The van der Waals surface area contributed by atoms with Crippen LogP contribution in [-0.2, 0) is 0 Å². The molecule has 2 aromatic heterocycles. The van der Waals surface area contributed by atoms with Gasteiger partial charge in [0.25, 0.3) is 0 Å². The third-order valence-electron chi connectivity index (χ3n) is 1.65. The summed E-state index contributed by atoms with van der Waals surface area (Å²) in [5.74, 6) is 2.60. The molecule has 1 N–H and O–H groups in total. The highest BCUT2D eigenvalue weighted by Crippen LogP contribution is 2.17. The van der Waals surface area contributed by atoms with Crippen LogP contribution in [0.4, 0.5) is 0 Å². The molecule has 2 aromatic rings. The average Bonchev–Trinajstić information content (AvgIpc) is 2.46. The van der Waals surface area contributed by atoms with E-state index in [0.29, 0.717) is 0 Å². The zero-order valence-corrected chi connectivity index (χ0v) is 8.29. The van der Waals surface area contributed by atoms with E-state index in [-0.39, 0.29) is 0 Å². The topological polar surface area (TPSA) is 28.7 Å². The first-order chi connectivity index (χ1) is 5.81. The molecule has 0 fully saturated rings. The fourth-order valence-electron chi connectivity index (χ4n) is 1.10. The molecule has 2 nitrogen and oxygen atoms in total. The van der Waals surface area contributed by atoms with Gasteiger partial charge in [0.05, 0.1) is 5.56 Å². The van der Waals surface area contributed by atoms with Crippen LogP contribution in [0.15, 0.2) is 18.5 Å². The van der Waals surface area contributed by atoms with Gasteiger partial charge in [-0.05, 0) is 28.7 Å². The molecule has 0 aromatic carbocycles. The molecule has 0 saturated heterocycles. The van der Waals surface area contributed by atoms with Crippen molar-refractivity contribution in [1.29, 1.82) is 0 Å². The van der Waals surface area contributed by atoms with E-state index < -0.39 is 0 Å². The van der Waals surface area contributed by atoms with Crippen molar-refractivity contribution in [2.45, 2.75) is 0 Å². The molecule has 0 atom stereocenters. The van der Waals surface area contributed by atoms with Gasteiger partial charge >= 0.3 is 0 Å². The van der Waals surface area contributed by atoms with E-state index in [0.717, 1.165) is 20.2 Å². The molecule has 0 bridgehead atoms. The van der Waals surface area contributed by atoms with Crippen molar-refractivity contribution >= 4 is 33.6 Å². The number of halogens is 1. The van der Waals surface area contributed by atoms with Gasteiger partial charge in [-0.25, -0.2) is 4.98 Å². The van der Waals surface area contributed by atoms with E-state index in [9.17, 15) is 0 Å². The lowest BCUT2D eigenvalue weighted by molar-refractivity contribution is 1.31. The molecule has 2 rings (SSSR count). The highest BCUT2D eigenvalue weighted by Gasteiger charge is 2.01. The lowest BCUT2D eigenvalue weighted by Gasteiger charge is -1.90. The summed E-state index contributed by atoms with van der Waals surface area (Å²) in [6.45, 7) is 0. The molecule has 0 aliphatic rings. The fraction of sp³-hybridized carbons (Fsp3) is 0. The van der Waals surface area contributed by atoms with Crippen LogP contribution in [0.3, 0.4) is 0 Å². The second-order valence-electron chi connectivity index (χ2n) is 2.40. The Bertz CT molecular complexity index is 465. The second-order valence-corrected chi connectivity index (χ2v) is 3.64. The Morgan fingerprint density at radius 2 is 2.42 bits per heavy atom. The standard InChI is InChI=1S/C9H5IN2/c1-2-6-4-11-9-8(6)3-7(10)5-12-9/h1,3-5H,(H,11,12). The van der Waals surface area contributed by atoms with Crippen LogP contribution in [0.25, 0.3) is 11.0 Å². The quantitative estimate of drug-likeness (QED) is 0.575. The van der Waals surface area contributed by atoms with Gasteiger partial charge in [-0.3, -0.25) is 0 Å². The Morgan fingerprint density at radius 1 is 1.58 bits per heavy atom. The summed E-state index contributed by atoms with van der Waals surface area (Å²) in [6, 6.07) is 2.02. The lowest BCUT2D eigenvalue weighted by atomic mass is 10.2. The predicted octanol–water partition coefficient (Wildman–Crippen LogP) is 2.15. The molecular formula is C9H5IN2. The van der Waals surface area contributed by atoms with Crippen LogP contribution < -0.4 is 0 Å². The Kier molecular flexibility index (Phi) is 1.77. The van der Waals surface area contributed by atoms with Crippen LogP contribution in [0.1, 0.15) is 5.56 Å². The average molecular weight is 268 g/mol. The predicted molar refractivity (Wildman–Crippen MR) is 56.7 cm³/mol. The zero-order chi connectivity index (χ0) is 8.55. The highest BCUT2D eigenvalue weighted by molar-refractivity contribution is 14.1. The van der Waals surface area contributed by atoms with Gasteiger partial charge in [-0.1, -0.05) is 5.92 Å². The first-order valence-electron chi connectivity index (χ1n) is 3.40. The number of terminal acetylenes is 1. The molecule has 12 heavy (non-hydrogen) atoms. The number of hydrogen-bond donors (Lipinski definition) is 1. The Hall–Kier alpha value is -1.02. The number of aromatic amines is 1. The Balaban J connectivity index is 2.86. The molecule has 0 radical (unpaired) electrons. The number of hydrogen-bond acceptors (Lipinski definition) is 1. The maximum Gasteiger partial charge on any atom is 0.138 e. The van der Waals surface area contributed by atoms with Crippen molar-refractivity contribution < 1.29 is 0 Å². The number of rotatable bonds is 0. The summed E-state index contributed by atoms with van der Waals surface area (Å²) in [5, 5.41) is 1.02. The highest BCUT2D eigenvalue weighted by atomic mass is 127. The van der Waals surface area contributed by atoms with Crippen LogP contribution in [0.5, 0.6) is 0 Å². The number of nitrogens with one attached hydrogen (secondary N) is 1. The third-order valence-corrected chi connectivity index (χ3v) is 2.24. The van der Waals surface area contributed by atoms with Gasteiger partial charge in [0.2, 0.25) is 0 Å². The van der Waals surface area contributed by atoms with Crippen molar-refractivity contribution in [1.82, 2.24) is 9.97 Å². The molecular weight excluding hydrogens is 263 g/mol. The molecule has 0 aliphatic heterocycles. The van der Waals surface area contributed by atoms with E-state index in [1.807, 2.05) is 6.07 Å². The largest absolute Gasteiger partial charge is 0.345 e. The van der Waals surface area contributed by atoms with E-state index in [2.05, 4.69) is 38.5 Å². The minimum Gasteiger partial charge on any atom is -0.345 e. The number of fused-ring (bicyclic) bond motifs is 1. The first kappa shape index (κ1) is 7.62. The van der Waals surface area contributed by atoms with Crippen molar-refractivity contribution in [2.24, 2.45) is 0 Å². The van der Waals surface area contributed by atoms with Crippen molar-refractivity contribution in [3.63, 3.8) is 0 Å². The van der Waals surface area contributed by atoms with Crippen LogP contribution in [0.2, 0.25) is 0 Å². The monoisotopic (exact) mass is 268 g/mol. The Morgan fingerprint density at radius 3 is 3.17 bits per heavy atom. The van der Waals surface area contributed by atoms with Crippen LogP contribution in [0, 0.1) is 15.9 Å². The summed E-state index contributed by atoms with van der Waals surface area (Å²) >= 11 is 2.21. The molecule has 0 spiro atoms. The van der Waals surface area contributed by atoms with E-state index in [1.165, 1.54) is 0 Å².